The first-order valence-corrected chi connectivity index (χ1v) is 8.59. The first-order valence-electron chi connectivity index (χ1n) is 6.74. The fourth-order valence-corrected chi connectivity index (χ4v) is 3.27. The molecule has 0 aliphatic carbocycles. The number of aromatic hydroxyl groups is 1. The van der Waals surface area contributed by atoms with Gasteiger partial charge in [0.15, 0.2) is 0 Å². The van der Waals surface area contributed by atoms with Crippen molar-refractivity contribution >= 4 is 10.0 Å². The van der Waals surface area contributed by atoms with Gasteiger partial charge in [-0.25, -0.2) is 8.42 Å². The van der Waals surface area contributed by atoms with Crippen LogP contribution < -0.4 is 0 Å². The molecule has 0 amide bonds. The van der Waals surface area contributed by atoms with E-state index in [0.717, 1.165) is 16.7 Å². The van der Waals surface area contributed by atoms with Crippen LogP contribution in [0.1, 0.15) is 16.7 Å². The smallest absolute Gasteiger partial charge is 0.211 e. The van der Waals surface area contributed by atoms with E-state index in [-0.39, 0.29) is 0 Å². The minimum absolute atomic E-state index is 0.318. The van der Waals surface area contributed by atoms with Gasteiger partial charge >= 0.3 is 0 Å². The van der Waals surface area contributed by atoms with Crippen LogP contribution in [0.15, 0.2) is 12.1 Å². The molecule has 0 unspecified atom stereocenters. The van der Waals surface area contributed by atoms with Crippen molar-refractivity contribution in [3.8, 4) is 5.75 Å². The maximum Gasteiger partial charge on any atom is 0.211 e. The number of nitrogens with zero attached hydrogens (tertiary/aromatic N) is 2. The number of phenols is 1. The van der Waals surface area contributed by atoms with Crippen LogP contribution in [0, 0.1) is 13.8 Å². The zero-order chi connectivity index (χ0) is 14.9. The second-order valence-corrected chi connectivity index (χ2v) is 7.49. The van der Waals surface area contributed by atoms with Gasteiger partial charge in [-0.1, -0.05) is 6.07 Å². The molecule has 0 radical (unpaired) electrons. The van der Waals surface area contributed by atoms with Crippen molar-refractivity contribution in [1.29, 1.82) is 0 Å². The van der Waals surface area contributed by atoms with Gasteiger partial charge in [0.1, 0.15) is 5.75 Å². The predicted octanol–water partition coefficient (Wildman–Crippen LogP) is 1.09. The van der Waals surface area contributed by atoms with E-state index in [0.29, 0.717) is 38.5 Å². The lowest BCUT2D eigenvalue weighted by Gasteiger charge is -2.33. The van der Waals surface area contributed by atoms with E-state index < -0.39 is 10.0 Å². The van der Waals surface area contributed by atoms with Crippen molar-refractivity contribution in [3.63, 3.8) is 0 Å². The van der Waals surface area contributed by atoms with Crippen LogP contribution in [-0.2, 0) is 16.6 Å². The topological polar surface area (TPSA) is 60.9 Å². The lowest BCUT2D eigenvalue weighted by molar-refractivity contribution is 0.180. The Hall–Kier alpha value is -1.11. The molecule has 20 heavy (non-hydrogen) atoms. The number of benzene rings is 1. The zero-order valence-corrected chi connectivity index (χ0v) is 13.1. The minimum Gasteiger partial charge on any atom is -0.508 e. The van der Waals surface area contributed by atoms with E-state index in [4.69, 9.17) is 0 Å². The zero-order valence-electron chi connectivity index (χ0n) is 12.3. The third-order valence-electron chi connectivity index (χ3n) is 3.89. The third-order valence-corrected chi connectivity index (χ3v) is 5.19. The maximum atomic E-state index is 11.5. The molecule has 2 rings (SSSR count). The quantitative estimate of drug-likeness (QED) is 0.907. The molecule has 6 heteroatoms. The summed E-state index contributed by atoms with van der Waals surface area (Å²) in [6, 6.07) is 3.80. The van der Waals surface area contributed by atoms with Gasteiger partial charge in [-0.05, 0) is 31.0 Å². The molecule has 5 nitrogen and oxygen atoms in total. The van der Waals surface area contributed by atoms with Crippen LogP contribution >= 0.6 is 0 Å². The number of phenolic OH excluding ortho intramolecular Hbond substituents is 1. The van der Waals surface area contributed by atoms with Crippen molar-refractivity contribution in [2.45, 2.75) is 20.4 Å². The Kier molecular flexibility index (Phi) is 4.36. The summed E-state index contributed by atoms with van der Waals surface area (Å²) in [6.45, 7) is 7.09. The molecule has 1 heterocycles. The lowest BCUT2D eigenvalue weighted by Crippen LogP contribution is -2.47. The standard InChI is InChI=1S/C14H22N2O3S/c1-11-8-13(14(17)9-12(11)2)10-15-4-6-16(7-5-15)20(3,18)19/h8-9,17H,4-7,10H2,1-3H3. The molecule has 112 valence electrons. The highest BCUT2D eigenvalue weighted by Crippen LogP contribution is 2.23. The molecule has 0 spiro atoms. The van der Waals surface area contributed by atoms with Crippen LogP contribution in [0.5, 0.6) is 5.75 Å². The van der Waals surface area contributed by atoms with Crippen LogP contribution in [-0.4, -0.2) is 55.2 Å². The van der Waals surface area contributed by atoms with E-state index in [1.807, 2.05) is 19.9 Å². The largest absolute Gasteiger partial charge is 0.508 e. The van der Waals surface area contributed by atoms with Crippen LogP contribution in [0.3, 0.4) is 0 Å². The number of aryl methyl sites for hydroxylation is 2. The summed E-state index contributed by atoms with van der Waals surface area (Å²) in [5.74, 6) is 0.318. The maximum absolute atomic E-state index is 11.5. The van der Waals surface area contributed by atoms with Crippen molar-refractivity contribution in [1.82, 2.24) is 9.21 Å². The number of hydrogen-bond acceptors (Lipinski definition) is 4. The average molecular weight is 298 g/mol. The average Bonchev–Trinajstić information content (AvgIpc) is 2.35. The summed E-state index contributed by atoms with van der Waals surface area (Å²) < 4.78 is 24.4. The Labute approximate surface area is 120 Å². The Morgan fingerprint density at radius 3 is 2.20 bits per heavy atom. The van der Waals surface area contributed by atoms with Gasteiger partial charge in [0.2, 0.25) is 10.0 Å². The summed E-state index contributed by atoms with van der Waals surface area (Å²) in [4.78, 5) is 2.17. The highest BCUT2D eigenvalue weighted by Gasteiger charge is 2.23. The predicted molar refractivity (Wildman–Crippen MR) is 79.3 cm³/mol. The van der Waals surface area contributed by atoms with Gasteiger partial charge in [-0.3, -0.25) is 4.90 Å². The van der Waals surface area contributed by atoms with Gasteiger partial charge in [0, 0.05) is 38.3 Å². The fourth-order valence-electron chi connectivity index (χ4n) is 2.45. The number of sulfonamides is 1. The van der Waals surface area contributed by atoms with Gasteiger partial charge in [-0.15, -0.1) is 0 Å². The van der Waals surface area contributed by atoms with Crippen LogP contribution in [0.2, 0.25) is 0 Å². The molecule has 0 aromatic heterocycles. The molecule has 0 saturated carbocycles. The molecule has 1 aromatic rings. The molecular formula is C14H22N2O3S. The third kappa shape index (κ3) is 3.50. The van der Waals surface area contributed by atoms with E-state index in [9.17, 15) is 13.5 Å². The van der Waals surface area contributed by atoms with Gasteiger partial charge < -0.3 is 5.11 Å². The normalized spacial score (nSPS) is 18.4. The second-order valence-electron chi connectivity index (χ2n) is 5.50. The van der Waals surface area contributed by atoms with Gasteiger partial charge in [-0.2, -0.15) is 4.31 Å². The summed E-state index contributed by atoms with van der Waals surface area (Å²) in [7, 11) is -3.09. The summed E-state index contributed by atoms with van der Waals surface area (Å²) in [5.41, 5.74) is 3.14. The Bertz CT molecular complexity index is 591. The molecule has 0 bridgehead atoms. The monoisotopic (exact) mass is 298 g/mol. The van der Waals surface area contributed by atoms with Crippen molar-refractivity contribution in [2.24, 2.45) is 0 Å². The van der Waals surface area contributed by atoms with Gasteiger partial charge in [0.25, 0.3) is 0 Å². The van der Waals surface area contributed by atoms with E-state index in [2.05, 4.69) is 4.90 Å². The van der Waals surface area contributed by atoms with Crippen LogP contribution in [0.4, 0.5) is 0 Å². The number of piperazine rings is 1. The Morgan fingerprint density at radius 2 is 1.65 bits per heavy atom. The molecule has 1 N–H and O–H groups in total. The van der Waals surface area contributed by atoms with Crippen molar-refractivity contribution in [3.05, 3.63) is 28.8 Å². The van der Waals surface area contributed by atoms with Crippen molar-refractivity contribution in [2.75, 3.05) is 32.4 Å². The molecule has 0 atom stereocenters. The van der Waals surface area contributed by atoms with Crippen molar-refractivity contribution < 1.29 is 13.5 Å². The summed E-state index contributed by atoms with van der Waals surface area (Å²) in [5, 5.41) is 9.99. The van der Waals surface area contributed by atoms with Gasteiger partial charge in [0.05, 0.1) is 6.26 Å². The highest BCUT2D eigenvalue weighted by molar-refractivity contribution is 7.88. The molecule has 1 saturated heterocycles. The first-order chi connectivity index (χ1) is 9.27. The minimum atomic E-state index is -3.09. The number of rotatable bonds is 3. The Balaban J connectivity index is 2.01. The SMILES string of the molecule is Cc1cc(O)c(CN2CCN(S(C)(=O)=O)CC2)cc1C. The fraction of sp³-hybridized carbons (Fsp3) is 0.571. The molecule has 1 aliphatic heterocycles. The first kappa shape index (κ1) is 15.3. The summed E-state index contributed by atoms with van der Waals surface area (Å²) >= 11 is 0. The molecular weight excluding hydrogens is 276 g/mol. The Morgan fingerprint density at radius 1 is 1.10 bits per heavy atom. The number of hydrogen-bond donors (Lipinski definition) is 1. The van der Waals surface area contributed by atoms with E-state index in [1.54, 1.807) is 6.07 Å². The molecule has 1 fully saturated rings. The molecule has 1 aromatic carbocycles. The second kappa shape index (κ2) is 5.71. The van der Waals surface area contributed by atoms with E-state index >= 15 is 0 Å². The molecule has 1 aliphatic rings. The lowest BCUT2D eigenvalue weighted by atomic mass is 10.0. The van der Waals surface area contributed by atoms with E-state index in [1.165, 1.54) is 10.6 Å². The highest BCUT2D eigenvalue weighted by atomic mass is 32.2. The van der Waals surface area contributed by atoms with Crippen LogP contribution in [0.25, 0.3) is 0 Å². The summed E-state index contributed by atoms with van der Waals surface area (Å²) in [6.07, 6.45) is 1.25.